The number of aryl methyl sites for hydroxylation is 2. The van der Waals surface area contributed by atoms with E-state index in [0.29, 0.717) is 5.56 Å². The van der Waals surface area contributed by atoms with Gasteiger partial charge in [0.05, 0.1) is 11.1 Å². The quantitative estimate of drug-likeness (QED) is 0.407. The Labute approximate surface area is 146 Å². The molecule has 0 unspecified atom stereocenters. The third-order valence-corrected chi connectivity index (χ3v) is 3.96. The van der Waals surface area contributed by atoms with E-state index in [2.05, 4.69) is 15.5 Å². The summed E-state index contributed by atoms with van der Waals surface area (Å²) in [7, 11) is 4.56. The van der Waals surface area contributed by atoms with Gasteiger partial charge in [-0.15, -0.1) is 0 Å². The van der Waals surface area contributed by atoms with Gasteiger partial charge in [0.2, 0.25) is 5.95 Å². The first-order valence-corrected chi connectivity index (χ1v) is 7.47. The van der Waals surface area contributed by atoms with Crippen molar-refractivity contribution in [1.29, 1.82) is 0 Å². The number of hydrogen-bond acceptors (Lipinski definition) is 7. The summed E-state index contributed by atoms with van der Waals surface area (Å²) in [6.45, 7) is 0. The molecule has 26 heavy (non-hydrogen) atoms. The van der Waals surface area contributed by atoms with E-state index in [1.54, 1.807) is 19.2 Å². The summed E-state index contributed by atoms with van der Waals surface area (Å²) >= 11 is 0. The third-order valence-electron chi connectivity index (χ3n) is 3.96. The van der Waals surface area contributed by atoms with Crippen molar-refractivity contribution in [2.24, 2.45) is 26.2 Å². The minimum atomic E-state index is -0.483. The van der Waals surface area contributed by atoms with Crippen LogP contribution in [0.25, 0.3) is 11.2 Å². The van der Waals surface area contributed by atoms with Crippen molar-refractivity contribution >= 4 is 29.0 Å². The molecule has 0 saturated carbocycles. The number of nitrogens with one attached hydrogen (secondary N) is 1. The molecule has 0 fully saturated rings. The maximum absolute atomic E-state index is 12.3. The highest BCUT2D eigenvalue weighted by Crippen LogP contribution is 2.13. The standard InChI is InChI=1S/C15H15N7O4/c1-19-11-12(20(2)15(24)21(3)13(11)23)17-14(19)18-16-8-9-4-6-10(7-5-9)22(25)26/h4-8H,1-3H3,(H,17,18)/b16-8+. The number of hydrazone groups is 1. The fourth-order valence-electron chi connectivity index (χ4n) is 2.47. The first-order chi connectivity index (χ1) is 12.3. The van der Waals surface area contributed by atoms with Gasteiger partial charge in [-0.05, 0) is 17.7 Å². The molecule has 0 aliphatic rings. The van der Waals surface area contributed by atoms with Crippen LogP contribution in [0, 0.1) is 10.1 Å². The normalized spacial score (nSPS) is 11.3. The van der Waals surface area contributed by atoms with Crippen molar-refractivity contribution in [2.75, 3.05) is 5.43 Å². The van der Waals surface area contributed by atoms with E-state index < -0.39 is 16.2 Å². The molecule has 0 aliphatic carbocycles. The largest absolute Gasteiger partial charge is 0.332 e. The van der Waals surface area contributed by atoms with Gasteiger partial charge in [0.15, 0.2) is 11.2 Å². The van der Waals surface area contributed by atoms with E-state index in [9.17, 15) is 19.7 Å². The van der Waals surface area contributed by atoms with Crippen molar-refractivity contribution < 1.29 is 4.92 Å². The Bertz CT molecular complexity index is 1150. The molecule has 3 rings (SSSR count). The number of benzene rings is 1. The zero-order valence-electron chi connectivity index (χ0n) is 14.2. The summed E-state index contributed by atoms with van der Waals surface area (Å²) in [6, 6.07) is 5.85. The Hall–Kier alpha value is -3.76. The molecule has 2 heterocycles. The average Bonchev–Trinajstić information content (AvgIpc) is 2.95. The van der Waals surface area contributed by atoms with Gasteiger partial charge in [-0.3, -0.25) is 24.0 Å². The lowest BCUT2D eigenvalue weighted by Crippen LogP contribution is -2.37. The molecule has 0 amide bonds. The zero-order valence-corrected chi connectivity index (χ0v) is 14.2. The molecular weight excluding hydrogens is 342 g/mol. The number of nitro benzene ring substituents is 1. The average molecular weight is 357 g/mol. The van der Waals surface area contributed by atoms with Crippen molar-refractivity contribution in [3.05, 3.63) is 60.8 Å². The number of non-ortho nitro benzene ring substituents is 1. The smallest absolute Gasteiger partial charge is 0.306 e. The van der Waals surface area contributed by atoms with Gasteiger partial charge >= 0.3 is 5.69 Å². The second-order valence-electron chi connectivity index (χ2n) is 5.59. The summed E-state index contributed by atoms with van der Waals surface area (Å²) in [5.74, 6) is 0.275. The minimum Gasteiger partial charge on any atom is -0.306 e. The molecule has 2 aromatic heterocycles. The molecule has 0 radical (unpaired) electrons. The number of anilines is 1. The number of fused-ring (bicyclic) bond motifs is 1. The minimum absolute atomic E-state index is 0.0118. The summed E-state index contributed by atoms with van der Waals surface area (Å²) in [6.07, 6.45) is 1.46. The molecule has 11 nitrogen and oxygen atoms in total. The van der Waals surface area contributed by atoms with E-state index in [1.807, 2.05) is 0 Å². The van der Waals surface area contributed by atoms with Crippen LogP contribution < -0.4 is 16.7 Å². The van der Waals surface area contributed by atoms with Crippen LogP contribution in [0.15, 0.2) is 39.0 Å². The number of aromatic nitrogens is 4. The highest BCUT2D eigenvalue weighted by atomic mass is 16.6. The first-order valence-electron chi connectivity index (χ1n) is 7.47. The molecule has 1 aromatic carbocycles. The predicted molar refractivity (Wildman–Crippen MR) is 95.5 cm³/mol. The fourth-order valence-corrected chi connectivity index (χ4v) is 2.47. The molecule has 134 valence electrons. The molecule has 3 aromatic rings. The van der Waals surface area contributed by atoms with Gasteiger partial charge in [-0.25, -0.2) is 10.2 Å². The van der Waals surface area contributed by atoms with Crippen molar-refractivity contribution in [3.8, 4) is 0 Å². The van der Waals surface area contributed by atoms with Crippen molar-refractivity contribution in [2.45, 2.75) is 0 Å². The highest BCUT2D eigenvalue weighted by Gasteiger charge is 2.16. The monoisotopic (exact) mass is 357 g/mol. The molecule has 0 atom stereocenters. The van der Waals surface area contributed by atoms with E-state index in [1.165, 1.54) is 41.6 Å². The molecule has 0 aliphatic heterocycles. The Morgan fingerprint density at radius 2 is 1.77 bits per heavy atom. The molecule has 11 heteroatoms. The lowest BCUT2D eigenvalue weighted by molar-refractivity contribution is -0.384. The topological polar surface area (TPSA) is 129 Å². The van der Waals surface area contributed by atoms with Gasteiger partial charge in [0.25, 0.3) is 11.2 Å². The van der Waals surface area contributed by atoms with E-state index in [0.717, 1.165) is 4.57 Å². The van der Waals surface area contributed by atoms with Crippen LogP contribution in [0.3, 0.4) is 0 Å². The number of nitrogens with zero attached hydrogens (tertiary/aromatic N) is 6. The number of rotatable bonds is 4. The highest BCUT2D eigenvalue weighted by molar-refractivity contribution is 5.81. The van der Waals surface area contributed by atoms with Crippen LogP contribution in [-0.4, -0.2) is 29.8 Å². The molecule has 0 saturated heterocycles. The number of nitro groups is 1. The van der Waals surface area contributed by atoms with Crippen LogP contribution in [0.2, 0.25) is 0 Å². The Kier molecular flexibility index (Phi) is 4.12. The Balaban J connectivity index is 1.92. The van der Waals surface area contributed by atoms with Crippen molar-refractivity contribution in [1.82, 2.24) is 18.7 Å². The molecular formula is C15H15N7O4. The first kappa shape index (κ1) is 17.1. The zero-order chi connectivity index (χ0) is 19.0. The number of imidazole rings is 1. The van der Waals surface area contributed by atoms with Gasteiger partial charge in [-0.1, -0.05) is 0 Å². The van der Waals surface area contributed by atoms with E-state index >= 15 is 0 Å². The summed E-state index contributed by atoms with van der Waals surface area (Å²) in [5, 5.41) is 14.7. The van der Waals surface area contributed by atoms with Crippen LogP contribution >= 0.6 is 0 Å². The Morgan fingerprint density at radius 1 is 1.12 bits per heavy atom. The molecule has 0 bridgehead atoms. The maximum atomic E-state index is 12.3. The fraction of sp³-hybridized carbons (Fsp3) is 0.200. The predicted octanol–water partition coefficient (Wildman–Crippen LogP) is 0.325. The Morgan fingerprint density at radius 3 is 2.38 bits per heavy atom. The maximum Gasteiger partial charge on any atom is 0.332 e. The van der Waals surface area contributed by atoms with Crippen molar-refractivity contribution in [3.63, 3.8) is 0 Å². The van der Waals surface area contributed by atoms with Gasteiger partial charge in [-0.2, -0.15) is 10.1 Å². The third kappa shape index (κ3) is 2.75. The van der Waals surface area contributed by atoms with Crippen LogP contribution in [-0.2, 0) is 21.1 Å². The summed E-state index contributed by atoms with van der Waals surface area (Å²) in [5.41, 5.74) is 2.92. The number of hydrogen-bond donors (Lipinski definition) is 1. The summed E-state index contributed by atoms with van der Waals surface area (Å²) in [4.78, 5) is 38.7. The summed E-state index contributed by atoms with van der Waals surface area (Å²) < 4.78 is 3.79. The lowest BCUT2D eigenvalue weighted by atomic mass is 10.2. The van der Waals surface area contributed by atoms with Gasteiger partial charge < -0.3 is 4.57 Å². The lowest BCUT2D eigenvalue weighted by Gasteiger charge is -2.03. The van der Waals surface area contributed by atoms with Gasteiger partial charge in [0, 0.05) is 33.3 Å². The molecule has 0 spiro atoms. The second kappa shape index (κ2) is 6.27. The molecule has 1 N–H and O–H groups in total. The van der Waals surface area contributed by atoms with E-state index in [-0.39, 0.29) is 22.8 Å². The van der Waals surface area contributed by atoms with Gasteiger partial charge in [0.1, 0.15) is 0 Å². The van der Waals surface area contributed by atoms with Crippen LogP contribution in [0.1, 0.15) is 5.56 Å². The van der Waals surface area contributed by atoms with E-state index in [4.69, 9.17) is 0 Å². The second-order valence-corrected chi connectivity index (χ2v) is 5.59. The van der Waals surface area contributed by atoms with Crippen LogP contribution in [0.5, 0.6) is 0 Å². The van der Waals surface area contributed by atoms with Crippen LogP contribution in [0.4, 0.5) is 11.6 Å². The SMILES string of the molecule is Cn1c(=O)c2c(nc(N/N=C/c3ccc([N+](=O)[O-])cc3)n2C)n(C)c1=O.